The van der Waals surface area contributed by atoms with Gasteiger partial charge in [0.15, 0.2) is 5.96 Å². The topological polar surface area (TPSA) is 523 Å². The van der Waals surface area contributed by atoms with Crippen LogP contribution in [-0.2, 0) is 62.3 Å². The summed E-state index contributed by atoms with van der Waals surface area (Å²) in [6.07, 6.45) is 1.50. The molecule has 0 saturated heterocycles. The highest BCUT2D eigenvalue weighted by Gasteiger charge is 2.38. The first-order valence-electron chi connectivity index (χ1n) is 31.4. The molecule has 0 rings (SSSR count). The van der Waals surface area contributed by atoms with Gasteiger partial charge in [0, 0.05) is 12.3 Å². The zero-order valence-corrected chi connectivity index (χ0v) is 56.9. The molecule has 0 aliphatic heterocycles. The highest BCUT2D eigenvalue weighted by molar-refractivity contribution is 7.80. The van der Waals surface area contributed by atoms with E-state index in [9.17, 15) is 72.5 Å². The number of hydrogen-bond donors (Lipinski definition) is 19. The number of aliphatic hydroxyl groups excluding tert-OH is 1. The van der Waals surface area contributed by atoms with Crippen LogP contribution in [0, 0.1) is 41.4 Å². The van der Waals surface area contributed by atoms with Crippen molar-refractivity contribution in [2.24, 2.45) is 69.4 Å². The van der Waals surface area contributed by atoms with Crippen LogP contribution in [0.3, 0.4) is 0 Å². The lowest BCUT2D eigenvalue weighted by Crippen LogP contribution is -2.62. The lowest BCUT2D eigenvalue weighted by Gasteiger charge is -2.31. The number of guanidine groups is 1. The van der Waals surface area contributed by atoms with E-state index in [1.807, 2.05) is 0 Å². The normalized spacial score (nSPS) is 15.3. The van der Waals surface area contributed by atoms with Crippen molar-refractivity contribution in [3.05, 3.63) is 0 Å². The van der Waals surface area contributed by atoms with Gasteiger partial charge in [0.1, 0.15) is 60.4 Å². The van der Waals surface area contributed by atoms with Gasteiger partial charge in [-0.05, 0) is 86.5 Å². The standard InChI is InChI=1S/C59H109N17O15S/c1-15-34(14)47(76-56(88)46(33(12)13)75-54(86)44(31(8)9)71-48(80)35(61)27-92)57(89)73-42(29(4)5)52(84)66-25-40(78)67-36(20-18-22-64-59(62)63)50(82)72-45(32(10)11)55(87)74-43(30(6)7)53(85)69-38(23-28(2)3)51(83)70-39(26-77)49(81)65-24-41(79)68-37(58(90)91)19-16-17-21-60/h28-39,42-47,77,92H,15-27,60-61H2,1-14H3,(H,65,81)(H,66,84)(H,67,78)(H,68,79)(H,69,85)(H,70,83)(H,71,80)(H,72,82)(H,73,89)(H,74,87)(H,75,86)(H,76,88)(H,90,91)(H4,62,63,64). The molecule has 0 aromatic heterocycles. The summed E-state index contributed by atoms with van der Waals surface area (Å²) in [6, 6.07) is -13.9. The van der Waals surface area contributed by atoms with Crippen LogP contribution in [0.5, 0.6) is 0 Å². The Bertz CT molecular complexity index is 2480. The minimum atomic E-state index is -1.61. The Morgan fingerprint density at radius 3 is 1.22 bits per heavy atom. The van der Waals surface area contributed by atoms with E-state index in [0.29, 0.717) is 25.8 Å². The summed E-state index contributed by atoms with van der Waals surface area (Å²) in [5, 5.41) is 50.2. The number of nitrogens with zero attached hydrogens (tertiary/aromatic N) is 1. The van der Waals surface area contributed by atoms with E-state index in [1.54, 1.807) is 96.9 Å². The van der Waals surface area contributed by atoms with E-state index in [2.05, 4.69) is 81.4 Å². The summed E-state index contributed by atoms with van der Waals surface area (Å²) in [6.45, 7) is 21.5. The van der Waals surface area contributed by atoms with Gasteiger partial charge in [-0.3, -0.25) is 62.5 Å². The number of amides is 12. The predicted octanol–water partition coefficient (Wildman–Crippen LogP) is -4.04. The van der Waals surface area contributed by atoms with Gasteiger partial charge >= 0.3 is 5.97 Å². The second-order valence-corrected chi connectivity index (χ2v) is 25.4. The monoisotopic (exact) mass is 1330 g/mol. The smallest absolute Gasteiger partial charge is 0.326 e. The minimum Gasteiger partial charge on any atom is -0.480 e. The van der Waals surface area contributed by atoms with E-state index in [-0.39, 0.29) is 49.9 Å². The van der Waals surface area contributed by atoms with Crippen LogP contribution >= 0.6 is 12.6 Å². The Balaban J connectivity index is 6.43. The number of unbranched alkanes of at least 4 members (excludes halogenated alkanes) is 1. The van der Waals surface area contributed by atoms with Crippen molar-refractivity contribution in [3.63, 3.8) is 0 Å². The molecule has 22 N–H and O–H groups in total. The molecule has 12 amide bonds. The van der Waals surface area contributed by atoms with Gasteiger partial charge in [-0.15, -0.1) is 0 Å². The molecule has 0 bridgehead atoms. The van der Waals surface area contributed by atoms with Crippen molar-refractivity contribution in [1.82, 2.24) is 63.8 Å². The number of nitrogens with one attached hydrogen (secondary N) is 12. The summed E-state index contributed by atoms with van der Waals surface area (Å²) < 4.78 is 0. The first-order chi connectivity index (χ1) is 42.9. The van der Waals surface area contributed by atoms with Gasteiger partial charge in [0.05, 0.1) is 25.7 Å². The molecule has 0 aromatic rings. The number of carbonyl (C=O) groups excluding carboxylic acids is 12. The van der Waals surface area contributed by atoms with Crippen LogP contribution in [-0.4, -0.2) is 198 Å². The van der Waals surface area contributed by atoms with Crippen LogP contribution < -0.4 is 86.7 Å². The number of carboxylic acids is 1. The maximum atomic E-state index is 14.2. The molecule has 12 unspecified atom stereocenters. The number of nitrogens with two attached hydrogens (primary N) is 4. The second kappa shape index (κ2) is 43.4. The summed E-state index contributed by atoms with van der Waals surface area (Å²) in [5.74, 6) is -14.6. The Hall–Kier alpha value is -7.39. The first kappa shape index (κ1) is 84.6. The van der Waals surface area contributed by atoms with Crippen molar-refractivity contribution in [1.29, 1.82) is 0 Å². The molecule has 0 fully saturated rings. The molecular weight excluding hydrogens is 1220 g/mol. The van der Waals surface area contributed by atoms with E-state index in [0.717, 1.165) is 0 Å². The predicted molar refractivity (Wildman–Crippen MR) is 348 cm³/mol. The van der Waals surface area contributed by atoms with Gasteiger partial charge in [0.25, 0.3) is 0 Å². The molecule has 0 spiro atoms. The largest absolute Gasteiger partial charge is 0.480 e. The Kier molecular flexibility index (Phi) is 39.9. The van der Waals surface area contributed by atoms with Crippen LogP contribution in [0.1, 0.15) is 142 Å². The minimum absolute atomic E-state index is 0.0157. The first-order valence-corrected chi connectivity index (χ1v) is 32.0. The van der Waals surface area contributed by atoms with Crippen molar-refractivity contribution >= 4 is 95.4 Å². The third-order valence-electron chi connectivity index (χ3n) is 14.7. The average molecular weight is 1330 g/mol. The Morgan fingerprint density at radius 2 is 0.815 bits per heavy atom. The highest BCUT2D eigenvalue weighted by Crippen LogP contribution is 2.15. The number of carbonyl (C=O) groups is 13. The molecule has 92 heavy (non-hydrogen) atoms. The maximum absolute atomic E-state index is 14.2. The third kappa shape index (κ3) is 31.3. The van der Waals surface area contributed by atoms with E-state index >= 15 is 0 Å². The van der Waals surface area contributed by atoms with Crippen LogP contribution in [0.4, 0.5) is 0 Å². The molecule has 0 radical (unpaired) electrons. The molecule has 12 atom stereocenters. The average Bonchev–Trinajstić information content (AvgIpc) is 0.936. The number of rotatable bonds is 44. The fourth-order valence-corrected chi connectivity index (χ4v) is 9.12. The summed E-state index contributed by atoms with van der Waals surface area (Å²) in [7, 11) is 0. The van der Waals surface area contributed by atoms with Gasteiger partial charge in [-0.25, -0.2) is 4.79 Å². The molecule has 33 heteroatoms. The Morgan fingerprint density at radius 1 is 0.446 bits per heavy atom. The molecule has 0 aliphatic rings. The van der Waals surface area contributed by atoms with Crippen LogP contribution in [0.15, 0.2) is 4.99 Å². The van der Waals surface area contributed by atoms with Gasteiger partial charge < -0.3 is 96.9 Å². The van der Waals surface area contributed by atoms with Crippen LogP contribution in [0.25, 0.3) is 0 Å². The zero-order chi connectivity index (χ0) is 70.9. The van der Waals surface area contributed by atoms with E-state index in [4.69, 9.17) is 22.9 Å². The Labute approximate surface area is 546 Å². The molecule has 526 valence electrons. The summed E-state index contributed by atoms with van der Waals surface area (Å²) in [5.41, 5.74) is 22.3. The third-order valence-corrected chi connectivity index (χ3v) is 15.1. The molecule has 0 aromatic carbocycles. The van der Waals surface area contributed by atoms with E-state index in [1.165, 1.54) is 0 Å². The lowest BCUT2D eigenvalue weighted by atomic mass is 9.95. The number of aliphatic imine (C=N–C) groups is 1. The van der Waals surface area contributed by atoms with Crippen molar-refractivity contribution in [2.45, 2.75) is 208 Å². The van der Waals surface area contributed by atoms with Crippen molar-refractivity contribution < 1.29 is 72.5 Å². The van der Waals surface area contributed by atoms with Crippen molar-refractivity contribution in [3.8, 4) is 0 Å². The number of aliphatic hydroxyl groups is 1. The fourth-order valence-electron chi connectivity index (χ4n) is 8.96. The highest BCUT2D eigenvalue weighted by atomic mass is 32.1. The van der Waals surface area contributed by atoms with Gasteiger partial charge in [-0.2, -0.15) is 12.6 Å². The molecule has 0 heterocycles. The van der Waals surface area contributed by atoms with Crippen LogP contribution in [0.2, 0.25) is 0 Å². The van der Waals surface area contributed by atoms with E-state index < -0.39 is 199 Å². The number of carboxylic acid groups (broad SMARTS) is 1. The lowest BCUT2D eigenvalue weighted by molar-refractivity contribution is -0.142. The summed E-state index contributed by atoms with van der Waals surface area (Å²) in [4.78, 5) is 179. The van der Waals surface area contributed by atoms with Gasteiger partial charge in [0.2, 0.25) is 70.9 Å². The summed E-state index contributed by atoms with van der Waals surface area (Å²) >= 11 is 4.05. The number of hydrogen-bond acceptors (Lipinski definition) is 18. The van der Waals surface area contributed by atoms with Gasteiger partial charge in [-0.1, -0.05) is 103 Å². The number of aliphatic carboxylic acids is 1. The fraction of sp³-hybridized carbons (Fsp3) is 0.763. The molecule has 0 aliphatic carbocycles. The number of thiol groups is 1. The molecule has 32 nitrogen and oxygen atoms in total. The molecule has 0 saturated carbocycles. The quantitative estimate of drug-likeness (QED) is 0.0119. The van der Waals surface area contributed by atoms with Crippen molar-refractivity contribution in [2.75, 3.05) is 38.5 Å². The molecular formula is C59H109N17O15S. The SMILES string of the molecule is CCC(C)C(NC(=O)C(NC(=O)C(NC(=O)C(N)CS)C(C)C)C(C)C)C(=O)NC(C(=O)NCC(=O)NC(CCCN=C(N)N)C(=O)NC(C(=O)NC(C(=O)NC(CC(C)C)C(=O)NC(CO)C(=O)NCC(=O)NC(CCCCN)C(=O)O)C(C)C)C(C)C)C(C)C. The maximum Gasteiger partial charge on any atom is 0.326 e. The second-order valence-electron chi connectivity index (χ2n) is 25.0. The zero-order valence-electron chi connectivity index (χ0n) is 56.0.